The number of H-pyrrole nitrogens is 1. The third-order valence-electron chi connectivity index (χ3n) is 5.58. The smallest absolute Gasteiger partial charge is 0.273 e. The van der Waals surface area contributed by atoms with Crippen molar-refractivity contribution in [2.24, 2.45) is 0 Å². The number of tetrazole rings is 1. The topological polar surface area (TPSA) is 157 Å². The van der Waals surface area contributed by atoms with Crippen LogP contribution in [-0.2, 0) is 11.2 Å². The van der Waals surface area contributed by atoms with Gasteiger partial charge >= 0.3 is 0 Å². The van der Waals surface area contributed by atoms with Gasteiger partial charge in [0.2, 0.25) is 5.91 Å². The number of carbonyl (C=O) groups is 1. The lowest BCUT2D eigenvalue weighted by Crippen LogP contribution is -2.30. The largest absolute Gasteiger partial charge is 0.375 e. The van der Waals surface area contributed by atoms with Crippen molar-refractivity contribution in [3.8, 4) is 16.9 Å². The molecule has 0 aliphatic rings. The zero-order valence-electron chi connectivity index (χ0n) is 19.7. The van der Waals surface area contributed by atoms with E-state index >= 15 is 0 Å². The molecule has 190 valence electrons. The Morgan fingerprint density at radius 2 is 2.05 bits per heavy atom. The second kappa shape index (κ2) is 11.2. The van der Waals surface area contributed by atoms with Gasteiger partial charge in [0.1, 0.15) is 6.33 Å². The maximum Gasteiger partial charge on any atom is 0.273 e. The minimum Gasteiger partial charge on any atom is -0.375 e. The number of hydrogen-bond acceptors (Lipinski definition) is 9. The van der Waals surface area contributed by atoms with Crippen LogP contribution >= 0.6 is 22.9 Å². The molecule has 0 fully saturated rings. The van der Waals surface area contributed by atoms with Gasteiger partial charge in [0.05, 0.1) is 28.7 Å². The molecule has 38 heavy (non-hydrogen) atoms. The highest BCUT2D eigenvalue weighted by molar-refractivity contribution is 7.13. The van der Waals surface area contributed by atoms with E-state index in [4.69, 9.17) is 17.3 Å². The number of hydrogen-bond donors (Lipinski definition) is 3. The van der Waals surface area contributed by atoms with E-state index in [2.05, 4.69) is 36.0 Å². The summed E-state index contributed by atoms with van der Waals surface area (Å²) in [6, 6.07) is 15.9. The molecule has 1 amide bonds. The minimum absolute atomic E-state index is 0.316. The lowest BCUT2D eigenvalue weighted by molar-refractivity contribution is -0.117. The van der Waals surface area contributed by atoms with E-state index in [0.717, 1.165) is 5.56 Å². The molecule has 5 aromatic rings. The van der Waals surface area contributed by atoms with E-state index in [-0.39, 0.29) is 5.91 Å². The third kappa shape index (κ3) is 5.82. The van der Waals surface area contributed by atoms with Gasteiger partial charge in [0.25, 0.3) is 5.56 Å². The minimum atomic E-state index is -0.556. The van der Waals surface area contributed by atoms with Crippen LogP contribution in [0.25, 0.3) is 23.0 Å². The number of thiazole rings is 1. The first-order valence-electron chi connectivity index (χ1n) is 11.3. The van der Waals surface area contributed by atoms with Gasteiger partial charge < -0.3 is 11.1 Å². The molecular formula is C25H20ClN9O2S. The van der Waals surface area contributed by atoms with Gasteiger partial charge in [-0.15, -0.1) is 16.4 Å². The Labute approximate surface area is 225 Å². The number of amides is 1. The number of anilines is 1. The SMILES string of the molecule is Nc1nc(-c2cc(C(Cc3ccccc3)NC(=O)C=Cc3cc(Cl)ccc3-n3cnnn3)n[nH]c2=O)cs1. The first-order valence-corrected chi connectivity index (χ1v) is 12.6. The highest BCUT2D eigenvalue weighted by Crippen LogP contribution is 2.24. The summed E-state index contributed by atoms with van der Waals surface area (Å²) in [5.74, 6) is -0.374. The molecule has 0 bridgehead atoms. The maximum atomic E-state index is 13.1. The Balaban J connectivity index is 1.44. The number of nitrogens with one attached hydrogen (secondary N) is 2. The third-order valence-corrected chi connectivity index (χ3v) is 6.49. The van der Waals surface area contributed by atoms with Gasteiger partial charge in [0, 0.05) is 22.0 Å². The van der Waals surface area contributed by atoms with Crippen LogP contribution in [0.2, 0.25) is 5.02 Å². The highest BCUT2D eigenvalue weighted by Gasteiger charge is 2.19. The lowest BCUT2D eigenvalue weighted by Gasteiger charge is -2.18. The maximum absolute atomic E-state index is 13.1. The van der Waals surface area contributed by atoms with Crippen molar-refractivity contribution < 1.29 is 4.79 Å². The summed E-state index contributed by atoms with van der Waals surface area (Å²) >= 11 is 7.42. The fourth-order valence-electron chi connectivity index (χ4n) is 3.81. The van der Waals surface area contributed by atoms with Crippen LogP contribution in [0.4, 0.5) is 5.13 Å². The lowest BCUT2D eigenvalue weighted by atomic mass is 10.0. The fraction of sp³-hybridized carbons (Fsp3) is 0.0800. The summed E-state index contributed by atoms with van der Waals surface area (Å²) < 4.78 is 1.48. The molecule has 3 aromatic heterocycles. The van der Waals surface area contributed by atoms with Crippen molar-refractivity contribution in [1.29, 1.82) is 0 Å². The molecule has 0 aliphatic carbocycles. The van der Waals surface area contributed by atoms with Gasteiger partial charge in [-0.1, -0.05) is 41.9 Å². The number of nitrogens with zero attached hydrogens (tertiary/aromatic N) is 6. The van der Waals surface area contributed by atoms with Crippen molar-refractivity contribution in [3.05, 3.63) is 105 Å². The van der Waals surface area contributed by atoms with Gasteiger partial charge in [-0.05, 0) is 52.8 Å². The van der Waals surface area contributed by atoms with E-state index in [1.54, 1.807) is 35.7 Å². The standard InChI is InChI=1S/C25H20ClN9O2S/c26-17-7-8-22(35-14-28-33-34-35)16(11-17)6-9-23(36)29-19(10-15-4-2-1-3-5-15)20-12-18(24(37)32-31-20)21-13-38-25(27)30-21/h1-9,11-14,19H,10H2,(H2,27,30)(H,29,36)(H,32,37). The Bertz CT molecular complexity index is 1650. The van der Waals surface area contributed by atoms with Crippen molar-refractivity contribution >= 4 is 40.1 Å². The second-order valence-corrected chi connectivity index (χ2v) is 9.47. The summed E-state index contributed by atoms with van der Waals surface area (Å²) in [5.41, 5.74) is 8.85. The highest BCUT2D eigenvalue weighted by atomic mass is 35.5. The average molecular weight is 546 g/mol. The van der Waals surface area contributed by atoms with Gasteiger partial charge in [-0.2, -0.15) is 9.78 Å². The molecule has 13 heteroatoms. The molecular weight excluding hydrogens is 526 g/mol. The Kier molecular flexibility index (Phi) is 7.33. The van der Waals surface area contributed by atoms with Gasteiger partial charge in [-0.25, -0.2) is 10.1 Å². The van der Waals surface area contributed by atoms with Crippen LogP contribution in [-0.4, -0.2) is 41.3 Å². The van der Waals surface area contributed by atoms with Crippen LogP contribution in [0.1, 0.15) is 22.9 Å². The van der Waals surface area contributed by atoms with Crippen LogP contribution in [0.15, 0.2) is 77.2 Å². The van der Waals surface area contributed by atoms with E-state index in [1.807, 2.05) is 30.3 Å². The molecule has 0 aliphatic heterocycles. The van der Waals surface area contributed by atoms with Crippen LogP contribution in [0, 0.1) is 0 Å². The van der Waals surface area contributed by atoms with Crippen LogP contribution in [0.3, 0.4) is 0 Å². The number of aromatic amines is 1. The summed E-state index contributed by atoms with van der Waals surface area (Å²) in [5, 5.41) is 23.5. The zero-order valence-corrected chi connectivity index (χ0v) is 21.2. The quantitative estimate of drug-likeness (QED) is 0.251. The normalized spacial score (nSPS) is 12.0. The molecule has 1 atom stereocenters. The van der Waals surface area contributed by atoms with E-state index < -0.39 is 11.6 Å². The monoisotopic (exact) mass is 545 g/mol. The average Bonchev–Trinajstić information content (AvgIpc) is 3.60. The number of aromatic nitrogens is 7. The molecule has 0 saturated heterocycles. The van der Waals surface area contributed by atoms with E-state index in [1.165, 1.54) is 28.4 Å². The Morgan fingerprint density at radius 3 is 2.79 bits per heavy atom. The number of rotatable bonds is 8. The summed E-state index contributed by atoms with van der Waals surface area (Å²) in [6.07, 6.45) is 4.91. The summed E-state index contributed by atoms with van der Waals surface area (Å²) in [6.45, 7) is 0. The number of halogens is 1. The Morgan fingerprint density at radius 1 is 1.21 bits per heavy atom. The van der Waals surface area contributed by atoms with Crippen molar-refractivity contribution in [1.82, 2.24) is 40.7 Å². The molecule has 2 aromatic carbocycles. The molecule has 4 N–H and O–H groups in total. The predicted molar refractivity (Wildman–Crippen MR) is 145 cm³/mol. The summed E-state index contributed by atoms with van der Waals surface area (Å²) in [7, 11) is 0. The molecule has 0 saturated carbocycles. The molecule has 11 nitrogen and oxygen atoms in total. The molecule has 5 rings (SSSR count). The fourth-order valence-corrected chi connectivity index (χ4v) is 4.55. The zero-order chi connectivity index (χ0) is 26.5. The molecule has 3 heterocycles. The van der Waals surface area contributed by atoms with Crippen molar-refractivity contribution in [2.75, 3.05) is 5.73 Å². The van der Waals surface area contributed by atoms with Gasteiger partial charge in [0.15, 0.2) is 5.13 Å². The molecule has 0 spiro atoms. The number of nitrogen functional groups attached to an aromatic ring is 1. The van der Waals surface area contributed by atoms with Gasteiger partial charge in [-0.3, -0.25) is 9.59 Å². The van der Waals surface area contributed by atoms with Crippen LogP contribution in [0.5, 0.6) is 0 Å². The first kappa shape index (κ1) is 25.0. The van der Waals surface area contributed by atoms with E-state index in [9.17, 15) is 9.59 Å². The van der Waals surface area contributed by atoms with Crippen molar-refractivity contribution in [2.45, 2.75) is 12.5 Å². The van der Waals surface area contributed by atoms with Crippen LogP contribution < -0.4 is 16.6 Å². The number of carbonyl (C=O) groups excluding carboxylic acids is 1. The number of nitrogens with two attached hydrogens (primary N) is 1. The molecule has 0 radical (unpaired) electrons. The molecule has 1 unspecified atom stereocenters. The second-order valence-electron chi connectivity index (χ2n) is 8.15. The predicted octanol–water partition coefficient (Wildman–Crippen LogP) is 3.22. The van der Waals surface area contributed by atoms with E-state index in [0.29, 0.717) is 44.8 Å². The Hall–Kier alpha value is -4.68. The first-order chi connectivity index (χ1) is 18.5. The summed E-state index contributed by atoms with van der Waals surface area (Å²) in [4.78, 5) is 29.8. The van der Waals surface area contributed by atoms with Crippen molar-refractivity contribution in [3.63, 3.8) is 0 Å². The number of benzene rings is 2.